The Morgan fingerprint density at radius 1 is 1.29 bits per heavy atom. The summed E-state index contributed by atoms with van der Waals surface area (Å²) in [6.45, 7) is 9.02. The Morgan fingerprint density at radius 2 is 1.93 bits per heavy atom. The number of hydrogen-bond acceptors (Lipinski definition) is 5. The van der Waals surface area contributed by atoms with Crippen LogP contribution >= 0.6 is 12.2 Å². The van der Waals surface area contributed by atoms with E-state index in [0.29, 0.717) is 18.7 Å². The van der Waals surface area contributed by atoms with Gasteiger partial charge in [0.2, 0.25) is 5.91 Å². The van der Waals surface area contributed by atoms with Crippen molar-refractivity contribution < 1.29 is 19.1 Å². The third-order valence-electron chi connectivity index (χ3n) is 4.49. The maximum absolute atomic E-state index is 12.6. The van der Waals surface area contributed by atoms with Crippen LogP contribution in [-0.2, 0) is 19.7 Å². The molecule has 1 fully saturated rings. The summed E-state index contributed by atoms with van der Waals surface area (Å²) in [5.74, 6) is -1.15. The predicted octanol–water partition coefficient (Wildman–Crippen LogP) is 1.75. The molecule has 0 aliphatic carbocycles. The van der Waals surface area contributed by atoms with Crippen molar-refractivity contribution >= 4 is 35.1 Å². The van der Waals surface area contributed by atoms with Crippen LogP contribution in [0.15, 0.2) is 24.3 Å². The van der Waals surface area contributed by atoms with E-state index in [1.807, 2.05) is 12.1 Å². The largest absolute Gasteiger partial charge is 0.466 e. The summed E-state index contributed by atoms with van der Waals surface area (Å²) >= 11 is 5.34. The Hall–Kier alpha value is -2.48. The number of carbonyl (C=O) groups is 3. The van der Waals surface area contributed by atoms with Gasteiger partial charge in [-0.25, -0.2) is 0 Å². The lowest BCUT2D eigenvalue weighted by atomic mass is 9.87. The van der Waals surface area contributed by atoms with Gasteiger partial charge in [-0.15, -0.1) is 0 Å². The Morgan fingerprint density at radius 3 is 2.50 bits per heavy atom. The normalized spacial score (nSPS) is 16.9. The first-order valence-corrected chi connectivity index (χ1v) is 9.70. The Bertz CT molecular complexity index is 756. The first kappa shape index (κ1) is 21.8. The van der Waals surface area contributed by atoms with Crippen molar-refractivity contribution in [1.29, 1.82) is 0 Å². The van der Waals surface area contributed by atoms with E-state index in [4.69, 9.17) is 17.0 Å². The number of carbonyl (C=O) groups excluding carboxylic acids is 3. The first-order chi connectivity index (χ1) is 13.1. The molecule has 0 radical (unpaired) electrons. The highest BCUT2D eigenvalue weighted by Gasteiger charge is 2.34. The number of benzene rings is 1. The van der Waals surface area contributed by atoms with Crippen molar-refractivity contribution in [3.8, 4) is 0 Å². The van der Waals surface area contributed by atoms with Gasteiger partial charge in [0.1, 0.15) is 6.04 Å². The zero-order chi connectivity index (χ0) is 20.9. The van der Waals surface area contributed by atoms with E-state index in [1.165, 1.54) is 0 Å². The fraction of sp³-hybridized carbons (Fsp3) is 0.500. The second-order valence-corrected chi connectivity index (χ2v) is 7.98. The maximum Gasteiger partial charge on any atom is 0.308 e. The second-order valence-electron chi connectivity index (χ2n) is 7.60. The molecule has 152 valence electrons. The molecule has 0 aromatic heterocycles. The molecule has 2 amide bonds. The lowest BCUT2D eigenvalue weighted by Gasteiger charge is -2.36. The second kappa shape index (κ2) is 9.14. The monoisotopic (exact) mass is 405 g/mol. The SMILES string of the molecule is CCOC(=O)CC1C(=O)NCCN1C(=S)NC(=O)c1ccc(C(C)(C)C)cc1. The van der Waals surface area contributed by atoms with Crippen molar-refractivity contribution in [2.24, 2.45) is 0 Å². The lowest BCUT2D eigenvalue weighted by Crippen LogP contribution is -2.60. The van der Waals surface area contributed by atoms with Crippen molar-refractivity contribution in [2.75, 3.05) is 19.7 Å². The highest BCUT2D eigenvalue weighted by Crippen LogP contribution is 2.22. The number of nitrogens with zero attached hydrogens (tertiary/aromatic N) is 1. The molecule has 1 aliphatic rings. The molecule has 1 unspecified atom stereocenters. The highest BCUT2D eigenvalue weighted by atomic mass is 32.1. The minimum atomic E-state index is -0.802. The number of esters is 1. The van der Waals surface area contributed by atoms with E-state index < -0.39 is 12.0 Å². The molecular formula is C20H27N3O4S. The van der Waals surface area contributed by atoms with Crippen molar-refractivity contribution in [3.05, 3.63) is 35.4 Å². The van der Waals surface area contributed by atoms with Gasteiger partial charge in [0.25, 0.3) is 5.91 Å². The molecule has 28 heavy (non-hydrogen) atoms. The standard InChI is InChI=1S/C20H27N3O4S/c1-5-27-16(24)12-15-18(26)21-10-11-23(15)19(28)22-17(25)13-6-8-14(9-7-13)20(2,3)4/h6-9,15H,5,10-12H2,1-4H3,(H,21,26)(H,22,25,28). The van der Waals surface area contributed by atoms with Gasteiger partial charge >= 0.3 is 5.97 Å². The van der Waals surface area contributed by atoms with Gasteiger partial charge in [-0.2, -0.15) is 0 Å². The number of amides is 2. The molecule has 2 N–H and O–H groups in total. The topological polar surface area (TPSA) is 87.7 Å². The molecule has 1 aromatic rings. The van der Waals surface area contributed by atoms with Gasteiger partial charge in [-0.05, 0) is 42.3 Å². The van der Waals surface area contributed by atoms with E-state index in [2.05, 4.69) is 31.4 Å². The average Bonchev–Trinajstić information content (AvgIpc) is 2.63. The van der Waals surface area contributed by atoms with Crippen LogP contribution in [0, 0.1) is 0 Å². The van der Waals surface area contributed by atoms with Crippen LogP contribution in [0.1, 0.15) is 50.0 Å². The first-order valence-electron chi connectivity index (χ1n) is 9.29. The molecule has 8 heteroatoms. The van der Waals surface area contributed by atoms with E-state index in [0.717, 1.165) is 5.56 Å². The molecule has 1 atom stereocenters. The summed E-state index contributed by atoms with van der Waals surface area (Å²) in [6, 6.07) is 6.52. The predicted molar refractivity (Wildman–Crippen MR) is 110 cm³/mol. The Labute approximate surface area is 170 Å². The van der Waals surface area contributed by atoms with Gasteiger partial charge in [0.15, 0.2) is 5.11 Å². The Balaban J connectivity index is 2.07. The Kier molecular flexibility index (Phi) is 7.12. The van der Waals surface area contributed by atoms with E-state index in [-0.39, 0.29) is 35.4 Å². The van der Waals surface area contributed by atoms with Gasteiger partial charge in [0.05, 0.1) is 13.0 Å². The van der Waals surface area contributed by atoms with Crippen LogP contribution in [-0.4, -0.2) is 53.5 Å². The van der Waals surface area contributed by atoms with E-state index in [1.54, 1.807) is 24.0 Å². The van der Waals surface area contributed by atoms with Crippen LogP contribution in [0.3, 0.4) is 0 Å². The van der Waals surface area contributed by atoms with Crippen LogP contribution in [0.5, 0.6) is 0 Å². The molecule has 1 heterocycles. The van der Waals surface area contributed by atoms with E-state index >= 15 is 0 Å². The fourth-order valence-electron chi connectivity index (χ4n) is 2.90. The summed E-state index contributed by atoms with van der Waals surface area (Å²) in [6.07, 6.45) is -0.129. The van der Waals surface area contributed by atoms with Gasteiger partial charge in [-0.1, -0.05) is 32.9 Å². The molecule has 1 saturated heterocycles. The molecule has 0 bridgehead atoms. The average molecular weight is 406 g/mol. The molecule has 0 saturated carbocycles. The molecule has 0 spiro atoms. The minimum absolute atomic E-state index is 0.00815. The molecule has 2 rings (SSSR count). The maximum atomic E-state index is 12.6. The number of ether oxygens (including phenoxy) is 1. The molecule has 1 aliphatic heterocycles. The minimum Gasteiger partial charge on any atom is -0.466 e. The number of piperazine rings is 1. The summed E-state index contributed by atoms with van der Waals surface area (Å²) in [5, 5.41) is 5.49. The third-order valence-corrected chi connectivity index (χ3v) is 4.83. The van der Waals surface area contributed by atoms with Gasteiger partial charge in [-0.3, -0.25) is 19.7 Å². The number of hydrogen-bond donors (Lipinski definition) is 2. The zero-order valence-electron chi connectivity index (χ0n) is 16.7. The number of rotatable bonds is 4. The van der Waals surface area contributed by atoms with Crippen LogP contribution in [0.4, 0.5) is 0 Å². The van der Waals surface area contributed by atoms with E-state index in [9.17, 15) is 14.4 Å². The fourth-order valence-corrected chi connectivity index (χ4v) is 3.21. The smallest absolute Gasteiger partial charge is 0.308 e. The molecule has 1 aromatic carbocycles. The molecule has 7 nitrogen and oxygen atoms in total. The zero-order valence-corrected chi connectivity index (χ0v) is 17.5. The third kappa shape index (κ3) is 5.51. The summed E-state index contributed by atoms with van der Waals surface area (Å²) in [5.41, 5.74) is 1.58. The number of nitrogens with one attached hydrogen (secondary N) is 2. The van der Waals surface area contributed by atoms with Crippen molar-refractivity contribution in [3.63, 3.8) is 0 Å². The quantitative estimate of drug-likeness (QED) is 0.586. The van der Waals surface area contributed by atoms with Crippen LogP contribution in [0.2, 0.25) is 0 Å². The lowest BCUT2D eigenvalue weighted by molar-refractivity contribution is -0.147. The van der Waals surface area contributed by atoms with Gasteiger partial charge in [0, 0.05) is 18.7 Å². The highest BCUT2D eigenvalue weighted by molar-refractivity contribution is 7.80. The van der Waals surface area contributed by atoms with Gasteiger partial charge < -0.3 is 15.0 Å². The summed E-state index contributed by atoms with van der Waals surface area (Å²) < 4.78 is 4.93. The van der Waals surface area contributed by atoms with Crippen LogP contribution < -0.4 is 10.6 Å². The number of thiocarbonyl (C=S) groups is 1. The summed E-state index contributed by atoms with van der Waals surface area (Å²) in [7, 11) is 0. The van der Waals surface area contributed by atoms with Crippen molar-refractivity contribution in [2.45, 2.75) is 45.6 Å². The summed E-state index contributed by atoms with van der Waals surface area (Å²) in [4.78, 5) is 38.1. The molecular weight excluding hydrogens is 378 g/mol. The van der Waals surface area contributed by atoms with Crippen LogP contribution in [0.25, 0.3) is 0 Å². The van der Waals surface area contributed by atoms with Crippen molar-refractivity contribution in [1.82, 2.24) is 15.5 Å².